The Balaban J connectivity index is -0.00000689. The van der Waals surface area contributed by atoms with Crippen molar-refractivity contribution in [3.8, 4) is 0 Å². The average Bonchev–Trinajstić information content (AvgIpc) is 1.79. The molecular formula is C60H98N6O8S12. The molecule has 4 aromatic rings. The smallest absolute Gasteiger partial charge is 0.246 e. The van der Waals surface area contributed by atoms with E-state index in [1.54, 1.807) is 33.3 Å². The molecule has 0 aliphatic carbocycles. The van der Waals surface area contributed by atoms with Crippen molar-refractivity contribution in [2.24, 2.45) is 22.7 Å². The van der Waals surface area contributed by atoms with Crippen LogP contribution in [-0.4, -0.2) is 105 Å². The monoisotopic (exact) mass is 1410 g/mol. The molecule has 4 saturated heterocycles. The Morgan fingerprint density at radius 1 is 0.535 bits per heavy atom. The number of carbonyl (C=O) groups is 6. The summed E-state index contributed by atoms with van der Waals surface area (Å²) in [5, 5.41) is 14.3. The van der Waals surface area contributed by atoms with Gasteiger partial charge < -0.3 is 40.5 Å². The summed E-state index contributed by atoms with van der Waals surface area (Å²) in [6.45, 7) is 16.8. The molecule has 0 aromatic heterocycles. The van der Waals surface area contributed by atoms with E-state index in [0.29, 0.717) is 50.0 Å². The summed E-state index contributed by atoms with van der Waals surface area (Å²) in [6.07, 6.45) is 3.70. The minimum Gasteiger partial charge on any atom is -0.374 e. The number of carbonyl (C=O) groups excluding carboxylic acids is 6. The summed E-state index contributed by atoms with van der Waals surface area (Å²) in [5.41, 5.74) is 2.66. The third-order valence-electron chi connectivity index (χ3n) is 16.0. The van der Waals surface area contributed by atoms with Gasteiger partial charge in [0.2, 0.25) is 35.4 Å². The second-order valence-electron chi connectivity index (χ2n) is 22.6. The Bertz CT molecular complexity index is 2570. The minimum absolute atomic E-state index is 0. The van der Waals surface area contributed by atoms with Gasteiger partial charge >= 0.3 is 0 Å². The lowest BCUT2D eigenvalue weighted by Gasteiger charge is -2.35. The van der Waals surface area contributed by atoms with Crippen LogP contribution in [0.25, 0.3) is 10.8 Å². The molecule has 4 aliphatic heterocycles. The summed E-state index contributed by atoms with van der Waals surface area (Å²) in [7, 11) is 0. The number of hydrogen-bond acceptors (Lipinski definition) is 10. The van der Waals surface area contributed by atoms with Gasteiger partial charge in [-0.2, -0.15) is 135 Å². The zero-order chi connectivity index (χ0) is 54.3. The highest BCUT2D eigenvalue weighted by atomic mass is 32.2. The highest BCUT2D eigenvalue weighted by Gasteiger charge is 2.56. The summed E-state index contributed by atoms with van der Waals surface area (Å²) in [6, 6.07) is 28.0. The Morgan fingerprint density at radius 2 is 0.884 bits per heavy atom. The Hall–Kier alpha value is -1.92. The Kier molecular flexibility index (Phi) is 41.2. The molecule has 6 amide bonds. The van der Waals surface area contributed by atoms with Crippen molar-refractivity contribution in [1.82, 2.24) is 31.1 Å². The van der Waals surface area contributed by atoms with Crippen molar-refractivity contribution in [2.45, 2.75) is 154 Å². The zero-order valence-corrected chi connectivity index (χ0v) is 62.1. The number of amides is 6. The number of ether oxygens (including phenoxy) is 2. The van der Waals surface area contributed by atoms with Crippen molar-refractivity contribution in [3.63, 3.8) is 0 Å². The third-order valence-corrected chi connectivity index (χ3v) is 18.5. The van der Waals surface area contributed by atoms with Crippen molar-refractivity contribution in [3.05, 3.63) is 119 Å². The fraction of sp³-hybridized carbons (Fsp3) is 0.533. The first-order valence-electron chi connectivity index (χ1n) is 27.2. The van der Waals surface area contributed by atoms with Gasteiger partial charge in [-0.3, -0.25) is 28.8 Å². The van der Waals surface area contributed by atoms with E-state index in [4.69, 9.17) is 9.47 Å². The van der Waals surface area contributed by atoms with Crippen LogP contribution < -0.4 is 21.3 Å². The molecule has 14 nitrogen and oxygen atoms in total. The van der Waals surface area contributed by atoms with Crippen LogP contribution in [0.4, 0.5) is 0 Å². The number of nitrogens with zero attached hydrogens (tertiary/aromatic N) is 2. The van der Waals surface area contributed by atoms with E-state index in [9.17, 15) is 28.8 Å². The van der Waals surface area contributed by atoms with E-state index in [1.165, 1.54) is 0 Å². The van der Waals surface area contributed by atoms with E-state index in [1.807, 2.05) is 128 Å². The molecule has 86 heavy (non-hydrogen) atoms. The van der Waals surface area contributed by atoms with Crippen LogP contribution in [-0.2, 0) is 51.5 Å². The molecule has 0 spiro atoms. The maximum absolute atomic E-state index is 14.6. The molecule has 4 aromatic carbocycles. The van der Waals surface area contributed by atoms with Crippen LogP contribution in [0.15, 0.2) is 97.1 Å². The second-order valence-corrected chi connectivity index (χ2v) is 25.2. The van der Waals surface area contributed by atoms with E-state index >= 15 is 0 Å². The normalized spacial score (nSPS) is 21.7. The first kappa shape index (κ1) is 88.3. The van der Waals surface area contributed by atoms with Crippen molar-refractivity contribution < 1.29 is 38.2 Å². The number of rotatable bonds is 20. The van der Waals surface area contributed by atoms with Crippen LogP contribution in [0, 0.1) is 22.7 Å². The number of benzene rings is 4. The predicted octanol–water partition coefficient (Wildman–Crippen LogP) is 9.96. The first-order chi connectivity index (χ1) is 36.4. The van der Waals surface area contributed by atoms with Gasteiger partial charge in [-0.25, -0.2) is 0 Å². The Labute approximate surface area is 589 Å². The number of thioether (sulfide) groups is 2. The minimum atomic E-state index is -0.737. The van der Waals surface area contributed by atoms with E-state index in [2.05, 4.69) is 45.5 Å². The topological polar surface area (TPSA) is 175 Å². The van der Waals surface area contributed by atoms with Crippen molar-refractivity contribution in [2.75, 3.05) is 24.7 Å². The van der Waals surface area contributed by atoms with Gasteiger partial charge in [-0.05, 0) is 106 Å². The average molecular weight is 1420 g/mol. The molecule has 26 heteroatoms. The molecule has 8 rings (SSSR count). The Morgan fingerprint density at radius 3 is 1.22 bits per heavy atom. The highest BCUT2D eigenvalue weighted by molar-refractivity contribution is 8.00. The lowest BCUT2D eigenvalue weighted by atomic mass is 9.83. The fourth-order valence-electron chi connectivity index (χ4n) is 11.1. The number of hydrogen-bond donors (Lipinski definition) is 4. The third kappa shape index (κ3) is 21.6. The summed E-state index contributed by atoms with van der Waals surface area (Å²) in [4.78, 5) is 87.1. The van der Waals surface area contributed by atoms with Crippen LogP contribution in [0.2, 0.25) is 0 Å². The van der Waals surface area contributed by atoms with Gasteiger partial charge in [0, 0.05) is 11.8 Å². The van der Waals surface area contributed by atoms with Gasteiger partial charge in [-0.1, -0.05) is 140 Å². The molecule has 488 valence electrons. The van der Waals surface area contributed by atoms with Crippen molar-refractivity contribution >= 4 is 205 Å². The highest BCUT2D eigenvalue weighted by Crippen LogP contribution is 2.48. The van der Waals surface area contributed by atoms with Gasteiger partial charge in [0.1, 0.15) is 24.2 Å². The van der Waals surface area contributed by atoms with E-state index < -0.39 is 47.1 Å². The van der Waals surface area contributed by atoms with Crippen LogP contribution in [0.1, 0.15) is 128 Å². The molecule has 0 radical (unpaired) electrons. The predicted molar refractivity (Wildman–Crippen MR) is 404 cm³/mol. The van der Waals surface area contributed by atoms with Gasteiger partial charge in [-0.15, -0.1) is 23.5 Å². The molecule has 0 bridgehead atoms. The summed E-state index contributed by atoms with van der Waals surface area (Å²) < 4.78 is 12.8. The lowest BCUT2D eigenvalue weighted by molar-refractivity contribution is -0.144. The zero-order valence-electron chi connectivity index (χ0n) is 50.5. The quantitative estimate of drug-likeness (QED) is 0.0667. The van der Waals surface area contributed by atoms with Gasteiger partial charge in [0.05, 0.1) is 49.3 Å². The molecule has 0 saturated carbocycles. The maximum atomic E-state index is 14.6. The van der Waals surface area contributed by atoms with Gasteiger partial charge in [0.15, 0.2) is 0 Å². The maximum Gasteiger partial charge on any atom is 0.246 e. The summed E-state index contributed by atoms with van der Waals surface area (Å²) in [5.74, 6) is -0.206. The number of fused-ring (bicyclic) bond motifs is 3. The molecule has 10 atom stereocenters. The van der Waals surface area contributed by atoms with Crippen LogP contribution >= 0.6 is 158 Å². The van der Waals surface area contributed by atoms with Crippen LogP contribution in [0.5, 0.6) is 0 Å². The molecular weight excluding hydrogens is 1320 g/mol. The number of nitrogens with one attached hydrogen (secondary N) is 4. The van der Waals surface area contributed by atoms with Crippen molar-refractivity contribution in [1.29, 1.82) is 0 Å². The lowest BCUT2D eigenvalue weighted by Crippen LogP contribution is -2.57. The summed E-state index contributed by atoms with van der Waals surface area (Å²) >= 11 is 3.36. The SMILES string of the molecule is CC[C@@H](C)C(=O)N[C@H]1CCS[C@H]2CC(C)(C)[C@@H](C(=O)N[C@H](COCc3ccc4ccc(COC[C@@H](NC(=O)[C@H]5N6C(=O)[C@@H](NC(=O)[C@H](C)CC)CCS[C@H]6CC5(C)C)c5ccccc5)cc4c3)c3ccccc3)N2C1=O.S.S.S.S.S.S.S.S.S.S. The largest absolute Gasteiger partial charge is 0.374 e. The van der Waals surface area contributed by atoms with E-state index in [-0.39, 0.29) is 219 Å². The van der Waals surface area contributed by atoms with E-state index in [0.717, 1.165) is 33.0 Å². The molecule has 0 unspecified atom stereocenters. The van der Waals surface area contributed by atoms with Gasteiger partial charge in [0.25, 0.3) is 0 Å². The molecule has 4 N–H and O–H groups in total. The standard InChI is InChI=1S/C60H78N6O8S2.10H2S/c1-9-37(3)53(67)61-45-25-27-75-49-31-59(5,6)51(65(49)57(45)71)55(69)63-47(42-17-13-11-14-18-42)35-73-33-39-21-23-41-24-22-40(30-44(41)29-39)34-74-36-48(43-19-15-12-16-20-43)64-56(70)52-60(7,8)32-50-66(52)58(72)46(26-28-76-50)62-54(68)38(4)10-2;;;;;;;;;;/h11-24,29-30,37-38,45-52H,9-10,25-28,31-36H2,1-8H3,(H,61,67)(H,62,68)(H,63,69)(H,64,70);10*1H2/t37-,38-,45+,46+,47-,48-,49+,50+,51-,52-;;;;;;;;;;/m1........../s1. The second kappa shape index (κ2) is 40.1. The molecule has 4 heterocycles. The molecule has 4 fully saturated rings. The van der Waals surface area contributed by atoms with Crippen LogP contribution in [0.3, 0.4) is 0 Å². The first-order valence-corrected chi connectivity index (χ1v) is 29.3. The fourth-order valence-corrected chi connectivity index (χ4v) is 14.3. The molecule has 4 aliphatic rings.